The Labute approximate surface area is 128 Å². The quantitative estimate of drug-likeness (QED) is 0.734. The van der Waals surface area contributed by atoms with Crippen LogP contribution in [0.4, 0.5) is 5.69 Å². The van der Waals surface area contributed by atoms with Gasteiger partial charge in [-0.2, -0.15) is 0 Å². The van der Waals surface area contributed by atoms with Gasteiger partial charge in [-0.1, -0.05) is 45.9 Å². The third kappa shape index (κ3) is 6.63. The Morgan fingerprint density at radius 2 is 1.86 bits per heavy atom. The maximum atomic E-state index is 11.3. The Bertz CT molecular complexity index is 443. The molecule has 1 amide bonds. The lowest BCUT2D eigenvalue weighted by Gasteiger charge is -2.27. The number of carbonyl (C=O) groups is 1. The van der Waals surface area contributed by atoms with Gasteiger partial charge in [-0.3, -0.25) is 4.79 Å². The van der Waals surface area contributed by atoms with E-state index in [-0.39, 0.29) is 12.5 Å². The van der Waals surface area contributed by atoms with Crippen LogP contribution in [-0.2, 0) is 11.3 Å². The highest BCUT2D eigenvalue weighted by Gasteiger charge is 2.14. The molecule has 0 saturated carbocycles. The molecule has 0 atom stereocenters. The monoisotopic (exact) mass is 291 g/mol. The molecule has 0 aliphatic heterocycles. The average Bonchev–Trinajstić information content (AvgIpc) is 2.37. The fourth-order valence-corrected chi connectivity index (χ4v) is 2.34. The van der Waals surface area contributed by atoms with Crippen molar-refractivity contribution in [3.05, 3.63) is 29.8 Å². The van der Waals surface area contributed by atoms with E-state index >= 15 is 0 Å². The molecule has 3 N–H and O–H groups in total. The summed E-state index contributed by atoms with van der Waals surface area (Å²) in [6.45, 7) is 11.6. The van der Waals surface area contributed by atoms with Crippen LogP contribution in [0.3, 0.4) is 0 Å². The molecule has 118 valence electrons. The summed E-state index contributed by atoms with van der Waals surface area (Å²) in [5.41, 5.74) is 7.71. The Morgan fingerprint density at radius 1 is 1.19 bits per heavy atom. The summed E-state index contributed by atoms with van der Waals surface area (Å²) < 4.78 is 0. The summed E-state index contributed by atoms with van der Waals surface area (Å²) in [6, 6.07) is 8.22. The molecule has 0 aliphatic carbocycles. The molecule has 0 aromatic heterocycles. The lowest BCUT2D eigenvalue weighted by atomic mass is 10.1. The van der Waals surface area contributed by atoms with Gasteiger partial charge in [-0.15, -0.1) is 0 Å². The molecule has 0 fully saturated rings. The van der Waals surface area contributed by atoms with Gasteiger partial charge in [-0.05, 0) is 30.0 Å². The molecule has 0 unspecified atom stereocenters. The molecule has 0 saturated heterocycles. The smallest absolute Gasteiger partial charge is 0.236 e. The first-order chi connectivity index (χ1) is 9.90. The van der Waals surface area contributed by atoms with Gasteiger partial charge in [0.15, 0.2) is 0 Å². The SMILES string of the molecule is CC(C)CNCc1ccccc1N(CC(N)=O)CC(C)C. The number of rotatable bonds is 9. The van der Waals surface area contributed by atoms with E-state index in [4.69, 9.17) is 5.73 Å². The summed E-state index contributed by atoms with van der Waals surface area (Å²) in [5, 5.41) is 3.46. The minimum atomic E-state index is -0.291. The van der Waals surface area contributed by atoms with Gasteiger partial charge in [-0.25, -0.2) is 0 Å². The van der Waals surface area contributed by atoms with Crippen molar-refractivity contribution in [1.29, 1.82) is 0 Å². The minimum absolute atomic E-state index is 0.263. The van der Waals surface area contributed by atoms with Crippen LogP contribution in [0.5, 0.6) is 0 Å². The van der Waals surface area contributed by atoms with Gasteiger partial charge in [0, 0.05) is 18.8 Å². The Morgan fingerprint density at radius 3 is 2.43 bits per heavy atom. The second-order valence-corrected chi connectivity index (χ2v) is 6.39. The van der Waals surface area contributed by atoms with Crippen LogP contribution in [-0.4, -0.2) is 25.5 Å². The first-order valence-electron chi connectivity index (χ1n) is 7.72. The van der Waals surface area contributed by atoms with E-state index in [0.29, 0.717) is 11.8 Å². The van der Waals surface area contributed by atoms with Crippen molar-refractivity contribution in [3.63, 3.8) is 0 Å². The molecule has 21 heavy (non-hydrogen) atoms. The van der Waals surface area contributed by atoms with Crippen LogP contribution in [0.15, 0.2) is 24.3 Å². The van der Waals surface area contributed by atoms with Crippen molar-refractivity contribution in [3.8, 4) is 0 Å². The van der Waals surface area contributed by atoms with E-state index in [0.717, 1.165) is 25.3 Å². The van der Waals surface area contributed by atoms with Crippen molar-refractivity contribution in [1.82, 2.24) is 5.32 Å². The third-order valence-corrected chi connectivity index (χ3v) is 3.13. The number of nitrogens with one attached hydrogen (secondary N) is 1. The maximum Gasteiger partial charge on any atom is 0.236 e. The van der Waals surface area contributed by atoms with Crippen molar-refractivity contribution >= 4 is 11.6 Å². The van der Waals surface area contributed by atoms with Gasteiger partial charge in [0.25, 0.3) is 0 Å². The fraction of sp³-hybridized carbons (Fsp3) is 0.588. The molecule has 1 aromatic carbocycles. The number of anilines is 1. The van der Waals surface area contributed by atoms with Crippen LogP contribution in [0, 0.1) is 11.8 Å². The molecule has 0 spiro atoms. The number of nitrogens with two attached hydrogens (primary N) is 1. The van der Waals surface area contributed by atoms with Crippen LogP contribution < -0.4 is 16.0 Å². The zero-order chi connectivity index (χ0) is 15.8. The number of primary amides is 1. The Balaban J connectivity index is 2.87. The Kier molecular flexibility index (Phi) is 7.23. The van der Waals surface area contributed by atoms with Crippen LogP contribution >= 0.6 is 0 Å². The standard InChI is InChI=1S/C17H29N3O/c1-13(2)9-19-10-15-7-5-6-8-16(15)20(11-14(3)4)12-17(18)21/h5-8,13-14,19H,9-12H2,1-4H3,(H2,18,21). The first kappa shape index (κ1) is 17.5. The van der Waals surface area contributed by atoms with Gasteiger partial charge < -0.3 is 16.0 Å². The normalized spacial score (nSPS) is 11.1. The second kappa shape index (κ2) is 8.67. The van der Waals surface area contributed by atoms with Gasteiger partial charge >= 0.3 is 0 Å². The van der Waals surface area contributed by atoms with E-state index in [1.807, 2.05) is 12.1 Å². The molecule has 0 radical (unpaired) electrons. The number of para-hydroxylation sites is 1. The highest BCUT2D eigenvalue weighted by molar-refractivity contribution is 5.80. The molecule has 0 bridgehead atoms. The highest BCUT2D eigenvalue weighted by Crippen LogP contribution is 2.21. The number of hydrogen-bond donors (Lipinski definition) is 2. The lowest BCUT2D eigenvalue weighted by Crippen LogP contribution is -2.37. The maximum absolute atomic E-state index is 11.3. The van der Waals surface area contributed by atoms with Gasteiger partial charge in [0.2, 0.25) is 5.91 Å². The second-order valence-electron chi connectivity index (χ2n) is 6.39. The van der Waals surface area contributed by atoms with Crippen molar-refractivity contribution in [2.75, 3.05) is 24.5 Å². The molecule has 4 heteroatoms. The predicted octanol–water partition coefficient (Wildman–Crippen LogP) is 2.38. The van der Waals surface area contributed by atoms with E-state index in [1.165, 1.54) is 5.56 Å². The minimum Gasteiger partial charge on any atom is -0.368 e. The lowest BCUT2D eigenvalue weighted by molar-refractivity contribution is -0.116. The zero-order valence-corrected chi connectivity index (χ0v) is 13.7. The molecular weight excluding hydrogens is 262 g/mol. The van der Waals surface area contributed by atoms with Crippen molar-refractivity contribution in [2.45, 2.75) is 34.2 Å². The molecular formula is C17H29N3O. The number of hydrogen-bond acceptors (Lipinski definition) is 3. The van der Waals surface area contributed by atoms with E-state index in [1.54, 1.807) is 0 Å². The summed E-state index contributed by atoms with van der Waals surface area (Å²) in [6.07, 6.45) is 0. The number of carbonyl (C=O) groups excluding carboxylic acids is 1. The molecule has 4 nitrogen and oxygen atoms in total. The highest BCUT2D eigenvalue weighted by atomic mass is 16.1. The topological polar surface area (TPSA) is 58.4 Å². The van der Waals surface area contributed by atoms with Gasteiger partial charge in [0.1, 0.15) is 0 Å². The number of benzene rings is 1. The van der Waals surface area contributed by atoms with Crippen LogP contribution in [0.2, 0.25) is 0 Å². The van der Waals surface area contributed by atoms with Crippen LogP contribution in [0.1, 0.15) is 33.3 Å². The number of nitrogens with zero attached hydrogens (tertiary/aromatic N) is 1. The molecule has 1 aromatic rings. The van der Waals surface area contributed by atoms with Crippen LogP contribution in [0.25, 0.3) is 0 Å². The van der Waals surface area contributed by atoms with E-state index in [2.05, 4.69) is 50.0 Å². The first-order valence-corrected chi connectivity index (χ1v) is 7.72. The van der Waals surface area contributed by atoms with E-state index < -0.39 is 0 Å². The summed E-state index contributed by atoms with van der Waals surface area (Å²) in [5.74, 6) is 0.802. The zero-order valence-electron chi connectivity index (χ0n) is 13.7. The van der Waals surface area contributed by atoms with Crippen molar-refractivity contribution < 1.29 is 4.79 Å². The average molecular weight is 291 g/mol. The summed E-state index contributed by atoms with van der Waals surface area (Å²) >= 11 is 0. The molecule has 1 rings (SSSR count). The molecule has 0 heterocycles. The summed E-state index contributed by atoms with van der Waals surface area (Å²) in [7, 11) is 0. The third-order valence-electron chi connectivity index (χ3n) is 3.13. The van der Waals surface area contributed by atoms with Gasteiger partial charge in [0.05, 0.1) is 6.54 Å². The number of amides is 1. The summed E-state index contributed by atoms with van der Waals surface area (Å²) in [4.78, 5) is 13.4. The van der Waals surface area contributed by atoms with E-state index in [9.17, 15) is 4.79 Å². The largest absolute Gasteiger partial charge is 0.368 e. The predicted molar refractivity (Wildman–Crippen MR) is 89.2 cm³/mol. The Hall–Kier alpha value is -1.55. The van der Waals surface area contributed by atoms with Crippen molar-refractivity contribution in [2.24, 2.45) is 17.6 Å². The molecule has 0 aliphatic rings. The fourth-order valence-electron chi connectivity index (χ4n) is 2.34.